The first-order chi connectivity index (χ1) is 15.5. The molecule has 0 heterocycles. The Morgan fingerprint density at radius 3 is 2.28 bits per heavy atom. The monoisotopic (exact) mass is 436 g/mol. The summed E-state index contributed by atoms with van der Waals surface area (Å²) in [5.41, 5.74) is 4.64. The number of carboxylic acids is 1. The molecule has 2 atom stereocenters. The SMILES string of the molecule is CN(CCC(=O)O)C(=O)[C@H]1CCC[C@H]1NC(=O)OCC1c2ccccc2-c2ccccc21. The minimum Gasteiger partial charge on any atom is -0.481 e. The highest BCUT2D eigenvalue weighted by atomic mass is 16.5. The number of nitrogens with zero attached hydrogens (tertiary/aromatic N) is 1. The predicted molar refractivity (Wildman–Crippen MR) is 119 cm³/mol. The van der Waals surface area contributed by atoms with Gasteiger partial charge in [0.1, 0.15) is 6.61 Å². The lowest BCUT2D eigenvalue weighted by molar-refractivity contribution is -0.139. The minimum atomic E-state index is -0.940. The molecule has 32 heavy (non-hydrogen) atoms. The summed E-state index contributed by atoms with van der Waals surface area (Å²) in [6.07, 6.45) is 1.58. The maximum atomic E-state index is 12.7. The molecule has 0 unspecified atom stereocenters. The number of amides is 2. The molecular formula is C25H28N2O5. The molecule has 1 saturated carbocycles. The Balaban J connectivity index is 1.36. The maximum absolute atomic E-state index is 12.7. The number of nitrogens with one attached hydrogen (secondary N) is 1. The van der Waals surface area contributed by atoms with Gasteiger partial charge in [-0.3, -0.25) is 9.59 Å². The molecule has 2 amide bonds. The largest absolute Gasteiger partial charge is 0.481 e. The first-order valence-corrected chi connectivity index (χ1v) is 11.0. The van der Waals surface area contributed by atoms with Gasteiger partial charge in [-0.2, -0.15) is 0 Å². The number of aliphatic carboxylic acids is 1. The number of carboxylic acid groups (broad SMARTS) is 1. The van der Waals surface area contributed by atoms with E-state index in [9.17, 15) is 14.4 Å². The molecule has 0 saturated heterocycles. The number of fused-ring (bicyclic) bond motifs is 3. The van der Waals surface area contributed by atoms with Crippen molar-refractivity contribution < 1.29 is 24.2 Å². The number of rotatable bonds is 7. The van der Waals surface area contributed by atoms with E-state index in [1.165, 1.54) is 16.0 Å². The third-order valence-corrected chi connectivity index (χ3v) is 6.52. The number of alkyl carbamates (subject to hydrolysis) is 1. The van der Waals surface area contributed by atoms with Gasteiger partial charge in [-0.15, -0.1) is 0 Å². The Morgan fingerprint density at radius 1 is 1.03 bits per heavy atom. The zero-order chi connectivity index (χ0) is 22.7. The summed E-state index contributed by atoms with van der Waals surface area (Å²) < 4.78 is 5.62. The molecule has 0 spiro atoms. The van der Waals surface area contributed by atoms with Gasteiger partial charge in [0.15, 0.2) is 0 Å². The lowest BCUT2D eigenvalue weighted by Gasteiger charge is -2.25. The van der Waals surface area contributed by atoms with E-state index < -0.39 is 12.1 Å². The van der Waals surface area contributed by atoms with E-state index in [1.54, 1.807) is 7.05 Å². The molecule has 0 radical (unpaired) electrons. The zero-order valence-electron chi connectivity index (χ0n) is 18.1. The molecule has 7 nitrogen and oxygen atoms in total. The molecule has 168 valence electrons. The van der Waals surface area contributed by atoms with Crippen molar-refractivity contribution >= 4 is 18.0 Å². The van der Waals surface area contributed by atoms with E-state index in [1.807, 2.05) is 24.3 Å². The van der Waals surface area contributed by atoms with Crippen LogP contribution in [0.2, 0.25) is 0 Å². The van der Waals surface area contributed by atoms with Gasteiger partial charge < -0.3 is 20.1 Å². The van der Waals surface area contributed by atoms with E-state index in [-0.39, 0.29) is 43.4 Å². The Hall–Kier alpha value is -3.35. The van der Waals surface area contributed by atoms with Gasteiger partial charge in [-0.05, 0) is 35.1 Å². The molecule has 1 fully saturated rings. The van der Waals surface area contributed by atoms with Crippen LogP contribution in [0.3, 0.4) is 0 Å². The number of benzene rings is 2. The first-order valence-electron chi connectivity index (χ1n) is 11.0. The Bertz CT molecular complexity index is 975. The van der Waals surface area contributed by atoms with Gasteiger partial charge in [-0.25, -0.2) is 4.79 Å². The van der Waals surface area contributed by atoms with Gasteiger partial charge in [0.05, 0.1) is 12.3 Å². The number of carbonyl (C=O) groups is 3. The third-order valence-electron chi connectivity index (χ3n) is 6.52. The van der Waals surface area contributed by atoms with Gasteiger partial charge in [-0.1, -0.05) is 55.0 Å². The van der Waals surface area contributed by atoms with E-state index in [4.69, 9.17) is 9.84 Å². The van der Waals surface area contributed by atoms with Gasteiger partial charge in [0.2, 0.25) is 5.91 Å². The average molecular weight is 437 g/mol. The summed E-state index contributed by atoms with van der Waals surface area (Å²) in [6, 6.07) is 16.0. The third kappa shape index (κ3) is 4.47. The van der Waals surface area contributed by atoms with Crippen LogP contribution in [0.5, 0.6) is 0 Å². The Labute approximate surface area is 187 Å². The fraction of sp³-hybridized carbons (Fsp3) is 0.400. The van der Waals surface area contributed by atoms with E-state index >= 15 is 0 Å². The standard InChI is InChI=1S/C25H28N2O5/c1-27(14-13-23(28)29)24(30)20-11-6-12-22(20)26-25(31)32-15-21-18-9-4-2-7-16(18)17-8-3-5-10-19(17)21/h2-5,7-10,20-22H,6,11-15H2,1H3,(H,26,31)(H,28,29)/t20-,22+/m0/s1. The van der Waals surface area contributed by atoms with E-state index in [2.05, 4.69) is 29.6 Å². The lowest BCUT2D eigenvalue weighted by Crippen LogP contribution is -2.45. The highest BCUT2D eigenvalue weighted by Crippen LogP contribution is 2.44. The van der Waals surface area contributed by atoms with Crippen LogP contribution in [0.25, 0.3) is 11.1 Å². The van der Waals surface area contributed by atoms with Crippen LogP contribution in [-0.4, -0.2) is 54.2 Å². The molecule has 2 aromatic carbocycles. The summed E-state index contributed by atoms with van der Waals surface area (Å²) >= 11 is 0. The highest BCUT2D eigenvalue weighted by Gasteiger charge is 2.36. The summed E-state index contributed by atoms with van der Waals surface area (Å²) in [5.74, 6) is -1.44. The van der Waals surface area contributed by atoms with Crippen LogP contribution in [0, 0.1) is 5.92 Å². The highest BCUT2D eigenvalue weighted by molar-refractivity contribution is 5.81. The van der Waals surface area contributed by atoms with Crippen LogP contribution >= 0.6 is 0 Å². The number of ether oxygens (including phenoxy) is 1. The lowest BCUT2D eigenvalue weighted by atomic mass is 9.98. The Morgan fingerprint density at radius 2 is 1.66 bits per heavy atom. The van der Waals surface area contributed by atoms with E-state index in [0.717, 1.165) is 17.5 Å². The van der Waals surface area contributed by atoms with Crippen molar-refractivity contribution in [2.24, 2.45) is 5.92 Å². The molecular weight excluding hydrogens is 408 g/mol. The molecule has 0 bridgehead atoms. The average Bonchev–Trinajstić information content (AvgIpc) is 3.38. The van der Waals surface area contributed by atoms with Crippen molar-refractivity contribution in [1.29, 1.82) is 0 Å². The van der Waals surface area contributed by atoms with Crippen molar-refractivity contribution in [3.05, 3.63) is 59.7 Å². The fourth-order valence-corrected chi connectivity index (χ4v) is 4.88. The van der Waals surface area contributed by atoms with Crippen molar-refractivity contribution in [3.63, 3.8) is 0 Å². The fourth-order valence-electron chi connectivity index (χ4n) is 4.88. The molecule has 4 rings (SSSR count). The normalized spacial score (nSPS) is 19.2. The van der Waals surface area contributed by atoms with Gasteiger partial charge in [0, 0.05) is 25.6 Å². The summed E-state index contributed by atoms with van der Waals surface area (Å²) in [6.45, 7) is 0.381. The second-order valence-corrected chi connectivity index (χ2v) is 8.52. The number of hydrogen-bond acceptors (Lipinski definition) is 4. The Kier molecular flexibility index (Phi) is 6.44. The van der Waals surface area contributed by atoms with Crippen molar-refractivity contribution in [1.82, 2.24) is 10.2 Å². The van der Waals surface area contributed by atoms with Gasteiger partial charge in [0.25, 0.3) is 0 Å². The number of hydrogen-bond donors (Lipinski definition) is 2. The zero-order valence-corrected chi connectivity index (χ0v) is 18.1. The predicted octanol–water partition coefficient (Wildman–Crippen LogP) is 3.63. The topological polar surface area (TPSA) is 95.9 Å². The van der Waals surface area contributed by atoms with Crippen LogP contribution in [0.15, 0.2) is 48.5 Å². The summed E-state index contributed by atoms with van der Waals surface area (Å²) in [7, 11) is 1.61. The molecule has 7 heteroatoms. The first kappa shape index (κ1) is 21.9. The minimum absolute atomic E-state index is 0.0173. The van der Waals surface area contributed by atoms with Crippen molar-refractivity contribution in [3.8, 4) is 11.1 Å². The molecule has 2 aromatic rings. The van der Waals surface area contributed by atoms with Crippen LogP contribution in [0.1, 0.15) is 42.7 Å². The van der Waals surface area contributed by atoms with Crippen molar-refractivity contribution in [2.45, 2.75) is 37.6 Å². The quantitative estimate of drug-likeness (QED) is 0.691. The van der Waals surface area contributed by atoms with Crippen LogP contribution in [0.4, 0.5) is 4.79 Å². The molecule has 0 aliphatic heterocycles. The van der Waals surface area contributed by atoms with Crippen molar-refractivity contribution in [2.75, 3.05) is 20.2 Å². The molecule has 2 aliphatic carbocycles. The summed E-state index contributed by atoms with van der Waals surface area (Å²) in [5, 5.41) is 11.7. The molecule has 0 aromatic heterocycles. The second-order valence-electron chi connectivity index (χ2n) is 8.52. The van der Waals surface area contributed by atoms with E-state index in [0.29, 0.717) is 12.8 Å². The van der Waals surface area contributed by atoms with Crippen LogP contribution < -0.4 is 5.32 Å². The second kappa shape index (κ2) is 9.42. The van der Waals surface area contributed by atoms with Gasteiger partial charge >= 0.3 is 12.1 Å². The smallest absolute Gasteiger partial charge is 0.407 e. The molecule has 2 N–H and O–H groups in total. The summed E-state index contributed by atoms with van der Waals surface area (Å²) in [4.78, 5) is 37.6. The van der Waals surface area contributed by atoms with Crippen LogP contribution in [-0.2, 0) is 14.3 Å². The molecule has 2 aliphatic rings. The number of carbonyl (C=O) groups excluding carboxylic acids is 2. The maximum Gasteiger partial charge on any atom is 0.407 e.